The zero-order valence-electron chi connectivity index (χ0n) is 14.7. The molecule has 0 aromatic carbocycles. The number of primary amides is 1. The Kier molecular flexibility index (Phi) is 7.42. The number of aromatic amines is 1. The van der Waals surface area contributed by atoms with Crippen LogP contribution in [0.4, 0.5) is 5.82 Å². The van der Waals surface area contributed by atoms with Gasteiger partial charge in [-0.3, -0.25) is 9.78 Å². The second kappa shape index (κ2) is 9.28. The Balaban J connectivity index is 0.000000195. The van der Waals surface area contributed by atoms with Gasteiger partial charge in [0.05, 0.1) is 17.5 Å². The molecule has 9 nitrogen and oxygen atoms in total. The van der Waals surface area contributed by atoms with Crippen LogP contribution in [0.25, 0.3) is 11.2 Å². The summed E-state index contributed by atoms with van der Waals surface area (Å²) in [4.78, 5) is 28.5. The van der Waals surface area contributed by atoms with E-state index < -0.39 is 5.91 Å². The van der Waals surface area contributed by atoms with E-state index in [1.165, 1.54) is 18.9 Å². The molecule has 0 aliphatic heterocycles. The highest BCUT2D eigenvalue weighted by molar-refractivity contribution is 5.92. The van der Waals surface area contributed by atoms with Crippen LogP contribution in [0.1, 0.15) is 31.1 Å². The summed E-state index contributed by atoms with van der Waals surface area (Å²) < 4.78 is 4.94. The van der Waals surface area contributed by atoms with Gasteiger partial charge in [0.25, 0.3) is 0 Å². The number of nitrogens with one attached hydrogen (secondary N) is 1. The number of rotatable bonds is 1. The van der Waals surface area contributed by atoms with Crippen LogP contribution in [-0.4, -0.2) is 43.5 Å². The number of imidazole rings is 1. The third-order valence-electron chi connectivity index (χ3n) is 2.81. The van der Waals surface area contributed by atoms with Crippen molar-refractivity contribution >= 4 is 22.9 Å². The Hall–Kier alpha value is -3.07. The second-order valence-corrected chi connectivity index (χ2v) is 5.78. The lowest BCUT2D eigenvalue weighted by atomic mass is 10.2. The van der Waals surface area contributed by atoms with Crippen LogP contribution < -0.4 is 11.5 Å². The molecule has 3 aromatic heterocycles. The number of pyridine rings is 1. The number of methoxy groups -OCH3 is 1. The lowest BCUT2D eigenvalue weighted by molar-refractivity contribution is 0.0397. The molecule has 0 atom stereocenters. The highest BCUT2D eigenvalue weighted by Crippen LogP contribution is 2.09. The van der Waals surface area contributed by atoms with Gasteiger partial charge in [-0.1, -0.05) is 0 Å². The van der Waals surface area contributed by atoms with E-state index in [9.17, 15) is 4.79 Å². The zero-order valence-corrected chi connectivity index (χ0v) is 14.7. The Bertz CT molecular complexity index is 782. The first-order valence-electron chi connectivity index (χ1n) is 7.39. The van der Waals surface area contributed by atoms with Crippen molar-refractivity contribution in [2.45, 2.75) is 26.4 Å². The number of ether oxygens (including phenoxy) is 1. The number of hydrogen-bond acceptors (Lipinski definition) is 7. The molecule has 3 aromatic rings. The smallest absolute Gasteiger partial charge is 0.250 e. The van der Waals surface area contributed by atoms with Crippen molar-refractivity contribution in [1.82, 2.24) is 24.9 Å². The van der Waals surface area contributed by atoms with Gasteiger partial charge in [-0.05, 0) is 32.9 Å². The van der Waals surface area contributed by atoms with Crippen molar-refractivity contribution in [3.8, 4) is 0 Å². The third kappa shape index (κ3) is 7.36. The number of fused-ring (bicyclic) bond motifs is 1. The SMILES string of the molecule is COC(C)(C)C.NC(=O)c1cccnc1.Nc1ncnc2nc[nH]c12. The Morgan fingerprint density at radius 2 is 1.92 bits per heavy atom. The van der Waals surface area contributed by atoms with E-state index in [0.717, 1.165) is 0 Å². The van der Waals surface area contributed by atoms with Gasteiger partial charge in [0.15, 0.2) is 11.5 Å². The number of hydrogen-bond donors (Lipinski definition) is 3. The van der Waals surface area contributed by atoms with Crippen LogP contribution in [0.3, 0.4) is 0 Å². The molecular formula is C16H23N7O2. The molecule has 3 rings (SSSR count). The van der Waals surface area contributed by atoms with Crippen LogP contribution in [-0.2, 0) is 4.74 Å². The van der Waals surface area contributed by atoms with Gasteiger partial charge in [0.1, 0.15) is 11.8 Å². The summed E-state index contributed by atoms with van der Waals surface area (Å²) in [5.74, 6) is -0.00870. The number of carbonyl (C=O) groups is 1. The lowest BCUT2D eigenvalue weighted by Gasteiger charge is -2.14. The third-order valence-corrected chi connectivity index (χ3v) is 2.81. The monoisotopic (exact) mass is 345 g/mol. The summed E-state index contributed by atoms with van der Waals surface area (Å²) >= 11 is 0. The van der Waals surface area contributed by atoms with E-state index in [0.29, 0.717) is 22.5 Å². The maximum atomic E-state index is 10.4. The maximum Gasteiger partial charge on any atom is 0.250 e. The molecule has 3 heterocycles. The predicted octanol–water partition coefficient (Wildman–Crippen LogP) is 1.55. The van der Waals surface area contributed by atoms with Crippen molar-refractivity contribution < 1.29 is 9.53 Å². The molecular weight excluding hydrogens is 322 g/mol. The highest BCUT2D eigenvalue weighted by Gasteiger charge is 2.04. The molecule has 9 heteroatoms. The van der Waals surface area contributed by atoms with E-state index in [-0.39, 0.29) is 5.60 Å². The first kappa shape index (κ1) is 20.0. The Morgan fingerprint density at radius 3 is 2.36 bits per heavy atom. The van der Waals surface area contributed by atoms with E-state index in [1.807, 2.05) is 20.8 Å². The molecule has 0 unspecified atom stereocenters. The van der Waals surface area contributed by atoms with Gasteiger partial charge < -0.3 is 21.2 Å². The van der Waals surface area contributed by atoms with Crippen molar-refractivity contribution in [3.05, 3.63) is 42.7 Å². The summed E-state index contributed by atoms with van der Waals surface area (Å²) in [6.07, 6.45) is 5.95. The summed E-state index contributed by atoms with van der Waals surface area (Å²) in [5.41, 5.74) is 12.2. The van der Waals surface area contributed by atoms with Crippen LogP contribution in [0, 0.1) is 0 Å². The molecule has 0 aliphatic rings. The molecule has 0 radical (unpaired) electrons. The van der Waals surface area contributed by atoms with Gasteiger partial charge in [0.2, 0.25) is 5.91 Å². The average molecular weight is 345 g/mol. The van der Waals surface area contributed by atoms with Crippen molar-refractivity contribution in [1.29, 1.82) is 0 Å². The number of carbonyl (C=O) groups excluding carboxylic acids is 1. The molecule has 1 amide bonds. The Morgan fingerprint density at radius 1 is 1.24 bits per heavy atom. The zero-order chi connectivity index (χ0) is 18.9. The fourth-order valence-corrected chi connectivity index (χ4v) is 1.29. The van der Waals surface area contributed by atoms with E-state index in [1.54, 1.807) is 25.4 Å². The van der Waals surface area contributed by atoms with Crippen LogP contribution in [0.2, 0.25) is 0 Å². The van der Waals surface area contributed by atoms with Crippen LogP contribution in [0.15, 0.2) is 37.2 Å². The molecule has 0 fully saturated rings. The van der Waals surface area contributed by atoms with Gasteiger partial charge in [-0.25, -0.2) is 15.0 Å². The maximum absolute atomic E-state index is 10.4. The molecule has 0 bridgehead atoms. The minimum absolute atomic E-state index is 0.0417. The predicted molar refractivity (Wildman–Crippen MR) is 95.6 cm³/mol. The number of anilines is 1. The normalized spacial score (nSPS) is 10.2. The van der Waals surface area contributed by atoms with Gasteiger partial charge in [0, 0.05) is 19.5 Å². The molecule has 25 heavy (non-hydrogen) atoms. The van der Waals surface area contributed by atoms with Crippen molar-refractivity contribution in [2.75, 3.05) is 12.8 Å². The number of nitrogens with two attached hydrogens (primary N) is 2. The van der Waals surface area contributed by atoms with Crippen LogP contribution in [0.5, 0.6) is 0 Å². The number of nitrogens with zero attached hydrogens (tertiary/aromatic N) is 4. The highest BCUT2D eigenvalue weighted by atomic mass is 16.5. The minimum atomic E-state index is -0.442. The molecule has 134 valence electrons. The average Bonchev–Trinajstić information content (AvgIpc) is 3.06. The van der Waals surface area contributed by atoms with E-state index in [2.05, 4.69) is 24.9 Å². The largest absolute Gasteiger partial charge is 0.382 e. The number of amides is 1. The summed E-state index contributed by atoms with van der Waals surface area (Å²) in [6, 6.07) is 3.29. The second-order valence-electron chi connectivity index (χ2n) is 5.78. The van der Waals surface area contributed by atoms with Crippen molar-refractivity contribution in [3.63, 3.8) is 0 Å². The summed E-state index contributed by atoms with van der Waals surface area (Å²) in [7, 11) is 1.71. The fraction of sp³-hybridized carbons (Fsp3) is 0.312. The van der Waals surface area contributed by atoms with E-state index in [4.69, 9.17) is 16.2 Å². The molecule has 0 spiro atoms. The number of aromatic nitrogens is 5. The molecule has 0 saturated carbocycles. The minimum Gasteiger partial charge on any atom is -0.382 e. The number of nitrogen functional groups attached to an aromatic ring is 1. The standard InChI is InChI=1S/C6H6N2O.C5H5N5.C5H12O/c7-6(9)5-2-1-3-8-4-5;6-4-3-5(9-1-7-3)10-2-8-4;1-5(2,3)6-4/h1-4H,(H2,7,9);1-2H,(H3,6,7,8,9,10);1-4H3. The summed E-state index contributed by atoms with van der Waals surface area (Å²) in [5, 5.41) is 0. The summed E-state index contributed by atoms with van der Waals surface area (Å²) in [6.45, 7) is 6.06. The van der Waals surface area contributed by atoms with Gasteiger partial charge in [-0.2, -0.15) is 0 Å². The first-order valence-corrected chi connectivity index (χ1v) is 7.39. The van der Waals surface area contributed by atoms with E-state index >= 15 is 0 Å². The topological polar surface area (TPSA) is 146 Å². The molecule has 0 aliphatic carbocycles. The Labute approximate surface area is 145 Å². The molecule has 0 saturated heterocycles. The van der Waals surface area contributed by atoms with Crippen molar-refractivity contribution in [2.24, 2.45) is 5.73 Å². The number of H-pyrrole nitrogens is 1. The van der Waals surface area contributed by atoms with Gasteiger partial charge in [-0.15, -0.1) is 0 Å². The first-order chi connectivity index (χ1) is 11.7. The lowest BCUT2D eigenvalue weighted by Crippen LogP contribution is -2.15. The van der Waals surface area contributed by atoms with Crippen LogP contribution >= 0.6 is 0 Å². The fourth-order valence-electron chi connectivity index (χ4n) is 1.29. The quantitative estimate of drug-likeness (QED) is 0.606. The van der Waals surface area contributed by atoms with Gasteiger partial charge >= 0.3 is 0 Å². The molecule has 5 N–H and O–H groups in total.